The predicted octanol–water partition coefficient (Wildman–Crippen LogP) is -0.721. The SMILES string of the molecule is [B]c1cc(OC)ncn1. The van der Waals surface area contributed by atoms with Crippen LogP contribution in [-0.2, 0) is 0 Å². The molecular weight excluding hydrogens is 115 g/mol. The lowest BCUT2D eigenvalue weighted by atomic mass is 10.1. The Balaban J connectivity index is 2.94. The first-order valence-corrected chi connectivity index (χ1v) is 2.44. The van der Waals surface area contributed by atoms with Crippen LogP contribution in [0.2, 0.25) is 0 Å². The minimum Gasteiger partial charge on any atom is -0.481 e. The van der Waals surface area contributed by atoms with Gasteiger partial charge in [-0.15, -0.1) is 0 Å². The molecule has 0 saturated heterocycles. The summed E-state index contributed by atoms with van der Waals surface area (Å²) in [5.41, 5.74) is 0.418. The quantitative estimate of drug-likeness (QED) is 0.458. The van der Waals surface area contributed by atoms with Crippen molar-refractivity contribution in [3.05, 3.63) is 12.4 Å². The zero-order valence-corrected chi connectivity index (χ0v) is 5.03. The summed E-state index contributed by atoms with van der Waals surface area (Å²) in [5.74, 6) is 0.488. The number of nitrogens with zero attached hydrogens (tertiary/aromatic N) is 2. The smallest absolute Gasteiger partial charge is 0.215 e. The molecule has 1 rings (SSSR count). The number of rotatable bonds is 1. The molecule has 0 amide bonds. The number of aromatic nitrogens is 2. The van der Waals surface area contributed by atoms with Gasteiger partial charge in [-0.3, -0.25) is 4.98 Å². The van der Waals surface area contributed by atoms with E-state index < -0.39 is 0 Å². The monoisotopic (exact) mass is 120 g/mol. The number of methoxy groups -OCH3 is 1. The molecular formula is C5H5BN2O. The summed E-state index contributed by atoms with van der Waals surface area (Å²) in [4.78, 5) is 7.42. The van der Waals surface area contributed by atoms with Gasteiger partial charge in [-0.05, 0) is 5.59 Å². The van der Waals surface area contributed by atoms with Crippen LogP contribution in [0.5, 0.6) is 5.88 Å². The second-order valence-corrected chi connectivity index (χ2v) is 1.49. The van der Waals surface area contributed by atoms with Crippen LogP contribution >= 0.6 is 0 Å². The molecule has 9 heavy (non-hydrogen) atoms. The molecule has 0 unspecified atom stereocenters. The van der Waals surface area contributed by atoms with Crippen LogP contribution < -0.4 is 10.3 Å². The van der Waals surface area contributed by atoms with Crippen LogP contribution in [0.15, 0.2) is 12.4 Å². The van der Waals surface area contributed by atoms with E-state index in [4.69, 9.17) is 12.6 Å². The van der Waals surface area contributed by atoms with E-state index in [1.54, 1.807) is 6.07 Å². The van der Waals surface area contributed by atoms with E-state index >= 15 is 0 Å². The summed E-state index contributed by atoms with van der Waals surface area (Å²) in [5, 5.41) is 0. The van der Waals surface area contributed by atoms with E-state index in [2.05, 4.69) is 9.97 Å². The van der Waals surface area contributed by atoms with Gasteiger partial charge in [0.25, 0.3) is 0 Å². The Bertz CT molecular complexity index is 204. The lowest BCUT2D eigenvalue weighted by Gasteiger charge is -1.96. The van der Waals surface area contributed by atoms with Crippen LogP contribution in [0.3, 0.4) is 0 Å². The Morgan fingerprint density at radius 3 is 2.78 bits per heavy atom. The average Bonchev–Trinajstić information content (AvgIpc) is 1.88. The fourth-order valence-electron chi connectivity index (χ4n) is 0.465. The van der Waals surface area contributed by atoms with Crippen LogP contribution in [-0.4, -0.2) is 24.9 Å². The van der Waals surface area contributed by atoms with Gasteiger partial charge in [-0.2, -0.15) is 0 Å². The molecule has 0 atom stereocenters. The Morgan fingerprint density at radius 2 is 2.33 bits per heavy atom. The second-order valence-electron chi connectivity index (χ2n) is 1.49. The van der Waals surface area contributed by atoms with Crippen molar-refractivity contribution < 1.29 is 4.74 Å². The summed E-state index contributed by atoms with van der Waals surface area (Å²) in [6, 6.07) is 1.56. The number of hydrogen-bond donors (Lipinski definition) is 0. The largest absolute Gasteiger partial charge is 0.481 e. The molecule has 0 N–H and O–H groups in total. The molecule has 0 aliphatic heterocycles. The molecule has 3 nitrogen and oxygen atoms in total. The molecule has 1 aromatic rings. The Morgan fingerprint density at radius 1 is 1.56 bits per heavy atom. The van der Waals surface area contributed by atoms with Gasteiger partial charge in [-0.1, -0.05) is 0 Å². The molecule has 0 aromatic carbocycles. The third kappa shape index (κ3) is 1.42. The molecule has 0 fully saturated rings. The number of ether oxygens (including phenoxy) is 1. The first-order chi connectivity index (χ1) is 4.33. The maximum atomic E-state index is 5.30. The highest BCUT2D eigenvalue weighted by atomic mass is 16.5. The van der Waals surface area contributed by atoms with E-state index in [0.29, 0.717) is 11.5 Å². The summed E-state index contributed by atoms with van der Waals surface area (Å²) in [6.07, 6.45) is 1.36. The van der Waals surface area contributed by atoms with Crippen molar-refractivity contribution in [3.63, 3.8) is 0 Å². The molecule has 1 heterocycles. The maximum Gasteiger partial charge on any atom is 0.215 e. The molecule has 0 bridgehead atoms. The van der Waals surface area contributed by atoms with E-state index in [9.17, 15) is 0 Å². The summed E-state index contributed by atoms with van der Waals surface area (Å²) in [7, 11) is 6.83. The van der Waals surface area contributed by atoms with E-state index in [-0.39, 0.29) is 0 Å². The summed E-state index contributed by atoms with van der Waals surface area (Å²) >= 11 is 0. The Labute approximate surface area is 54.5 Å². The molecule has 4 heteroatoms. The van der Waals surface area contributed by atoms with Gasteiger partial charge in [0.15, 0.2) is 0 Å². The van der Waals surface area contributed by atoms with Crippen LogP contribution in [0.1, 0.15) is 0 Å². The predicted molar refractivity (Wildman–Crippen MR) is 34.0 cm³/mol. The normalized spacial score (nSPS) is 9.00. The fourth-order valence-corrected chi connectivity index (χ4v) is 0.465. The molecule has 1 aromatic heterocycles. The number of hydrogen-bond acceptors (Lipinski definition) is 3. The highest BCUT2D eigenvalue weighted by Gasteiger charge is 1.89. The summed E-state index contributed by atoms with van der Waals surface area (Å²) in [6.45, 7) is 0. The van der Waals surface area contributed by atoms with Gasteiger partial charge in [0.2, 0.25) is 5.88 Å². The van der Waals surface area contributed by atoms with Crippen molar-refractivity contribution >= 4 is 13.4 Å². The van der Waals surface area contributed by atoms with Gasteiger partial charge in [-0.25, -0.2) is 4.98 Å². The van der Waals surface area contributed by atoms with Gasteiger partial charge in [0.1, 0.15) is 14.2 Å². The second kappa shape index (κ2) is 2.48. The molecule has 0 spiro atoms. The van der Waals surface area contributed by atoms with Crippen molar-refractivity contribution in [3.8, 4) is 5.88 Å². The zero-order valence-electron chi connectivity index (χ0n) is 5.03. The Kier molecular flexibility index (Phi) is 1.67. The van der Waals surface area contributed by atoms with Gasteiger partial charge < -0.3 is 4.74 Å². The minimum atomic E-state index is 0.418. The van der Waals surface area contributed by atoms with Crippen LogP contribution in [0, 0.1) is 0 Å². The van der Waals surface area contributed by atoms with E-state index in [1.165, 1.54) is 13.4 Å². The van der Waals surface area contributed by atoms with Crippen molar-refractivity contribution in [1.82, 2.24) is 9.97 Å². The third-order valence-electron chi connectivity index (χ3n) is 0.872. The first kappa shape index (κ1) is 6.07. The van der Waals surface area contributed by atoms with Crippen molar-refractivity contribution in [2.24, 2.45) is 0 Å². The van der Waals surface area contributed by atoms with Gasteiger partial charge >= 0.3 is 0 Å². The first-order valence-electron chi connectivity index (χ1n) is 2.44. The molecule has 0 saturated carbocycles. The minimum absolute atomic E-state index is 0.418. The van der Waals surface area contributed by atoms with Crippen LogP contribution in [0.25, 0.3) is 0 Å². The van der Waals surface area contributed by atoms with Gasteiger partial charge in [0, 0.05) is 6.07 Å². The highest BCUT2D eigenvalue weighted by Crippen LogP contribution is 1.96. The fraction of sp³-hybridized carbons (Fsp3) is 0.200. The van der Waals surface area contributed by atoms with Crippen LogP contribution in [0.4, 0.5) is 0 Å². The van der Waals surface area contributed by atoms with Gasteiger partial charge in [0.05, 0.1) is 7.11 Å². The van der Waals surface area contributed by atoms with Crippen molar-refractivity contribution in [2.75, 3.05) is 7.11 Å². The molecule has 0 aliphatic rings. The highest BCUT2D eigenvalue weighted by molar-refractivity contribution is 6.30. The average molecular weight is 120 g/mol. The van der Waals surface area contributed by atoms with Crippen molar-refractivity contribution in [2.45, 2.75) is 0 Å². The van der Waals surface area contributed by atoms with E-state index in [1.807, 2.05) is 0 Å². The maximum absolute atomic E-state index is 5.30. The third-order valence-corrected chi connectivity index (χ3v) is 0.872. The molecule has 2 radical (unpaired) electrons. The Hall–Kier alpha value is -1.06. The van der Waals surface area contributed by atoms with E-state index in [0.717, 1.165) is 0 Å². The lowest BCUT2D eigenvalue weighted by molar-refractivity contribution is 0.397. The van der Waals surface area contributed by atoms with Crippen molar-refractivity contribution in [1.29, 1.82) is 0 Å². The molecule has 44 valence electrons. The standard InChI is InChI=1S/C5H5BN2O/c1-9-5-2-4(6)7-3-8-5/h2-3H,1H3. The summed E-state index contributed by atoms with van der Waals surface area (Å²) < 4.78 is 4.76. The lowest BCUT2D eigenvalue weighted by Crippen LogP contribution is -2.08. The molecule has 0 aliphatic carbocycles. The topological polar surface area (TPSA) is 35.0 Å². The zero-order chi connectivity index (χ0) is 6.69.